The average Bonchev–Trinajstić information content (AvgIpc) is 2.66. The molecule has 0 aromatic heterocycles. The Morgan fingerprint density at radius 2 is 1.77 bits per heavy atom. The Morgan fingerprint density at radius 1 is 1.04 bits per heavy atom. The van der Waals surface area contributed by atoms with Crippen LogP contribution in [0, 0.1) is 6.92 Å². The van der Waals surface area contributed by atoms with E-state index in [1.807, 2.05) is 18.2 Å². The van der Waals surface area contributed by atoms with E-state index >= 15 is 0 Å². The van der Waals surface area contributed by atoms with Crippen molar-refractivity contribution in [2.24, 2.45) is 0 Å². The minimum atomic E-state index is 0.00389. The maximum absolute atomic E-state index is 8.84. The Labute approximate surface area is 160 Å². The van der Waals surface area contributed by atoms with E-state index in [2.05, 4.69) is 41.0 Å². The van der Waals surface area contributed by atoms with Crippen LogP contribution in [0.2, 0.25) is 5.02 Å². The van der Waals surface area contributed by atoms with Crippen LogP contribution >= 0.6 is 11.6 Å². The van der Waals surface area contributed by atoms with Crippen LogP contribution in [0.1, 0.15) is 11.1 Å². The highest BCUT2D eigenvalue weighted by Gasteiger charge is 2.19. The molecule has 1 aliphatic heterocycles. The fourth-order valence-corrected chi connectivity index (χ4v) is 3.54. The maximum atomic E-state index is 8.84. The molecule has 0 aliphatic carbocycles. The number of aliphatic hydroxyl groups excluding tert-OH is 1. The molecule has 1 heterocycles. The first-order valence-electron chi connectivity index (χ1n) is 9.22. The zero-order chi connectivity index (χ0) is 18.4. The Bertz CT molecular complexity index is 698. The number of hydrogen-bond donors (Lipinski definition) is 1. The minimum Gasteiger partial charge on any atom is -0.491 e. The standard InChI is InChI=1S/C21H27ClN2O2/c1-17-2-4-18(5-3-17)8-9-23-10-12-24(13-11-23)21-7-6-19(16-20(21)22)26-15-14-25/h2-7,16,25H,8-15H2,1H3. The smallest absolute Gasteiger partial charge is 0.121 e. The third-order valence-corrected chi connectivity index (χ3v) is 5.13. The highest BCUT2D eigenvalue weighted by atomic mass is 35.5. The van der Waals surface area contributed by atoms with Crippen molar-refractivity contribution >= 4 is 17.3 Å². The molecule has 4 nitrogen and oxygen atoms in total. The molecule has 0 atom stereocenters. The normalized spacial score (nSPS) is 15.3. The van der Waals surface area contributed by atoms with E-state index in [4.69, 9.17) is 21.4 Å². The molecule has 1 saturated heterocycles. The third-order valence-electron chi connectivity index (χ3n) is 4.83. The van der Waals surface area contributed by atoms with E-state index in [1.54, 1.807) is 0 Å². The van der Waals surface area contributed by atoms with Crippen LogP contribution < -0.4 is 9.64 Å². The van der Waals surface area contributed by atoms with Crippen molar-refractivity contribution in [1.29, 1.82) is 0 Å². The van der Waals surface area contributed by atoms with Gasteiger partial charge in [0, 0.05) is 38.8 Å². The molecule has 2 aromatic carbocycles. The molecule has 0 radical (unpaired) electrons. The van der Waals surface area contributed by atoms with E-state index < -0.39 is 0 Å². The summed E-state index contributed by atoms with van der Waals surface area (Å²) in [6, 6.07) is 14.6. The quantitative estimate of drug-likeness (QED) is 0.805. The Balaban J connectivity index is 1.49. The molecule has 0 spiro atoms. The number of aliphatic hydroxyl groups is 1. The summed E-state index contributed by atoms with van der Waals surface area (Å²) in [7, 11) is 0. The highest BCUT2D eigenvalue weighted by Crippen LogP contribution is 2.30. The molecule has 0 unspecified atom stereocenters. The lowest BCUT2D eigenvalue weighted by molar-refractivity contribution is 0.201. The number of halogens is 1. The molecule has 1 N–H and O–H groups in total. The lowest BCUT2D eigenvalue weighted by Gasteiger charge is -2.36. The van der Waals surface area contributed by atoms with Crippen LogP contribution in [-0.4, -0.2) is 55.9 Å². The molecule has 0 bridgehead atoms. The SMILES string of the molecule is Cc1ccc(CCN2CCN(c3ccc(OCCO)cc3Cl)CC2)cc1. The first-order chi connectivity index (χ1) is 12.7. The number of anilines is 1. The van der Waals surface area contributed by atoms with Gasteiger partial charge in [-0.05, 0) is 31.0 Å². The Morgan fingerprint density at radius 3 is 2.42 bits per heavy atom. The van der Waals surface area contributed by atoms with E-state index in [1.165, 1.54) is 11.1 Å². The summed E-state index contributed by atoms with van der Waals surface area (Å²) in [6.45, 7) is 7.56. The minimum absolute atomic E-state index is 0.00389. The second kappa shape index (κ2) is 9.26. The van der Waals surface area contributed by atoms with E-state index in [0.717, 1.165) is 44.8 Å². The van der Waals surface area contributed by atoms with Gasteiger partial charge < -0.3 is 14.7 Å². The molecule has 140 valence electrons. The summed E-state index contributed by atoms with van der Waals surface area (Å²) < 4.78 is 5.42. The Hall–Kier alpha value is -1.75. The van der Waals surface area contributed by atoms with Gasteiger partial charge in [0.1, 0.15) is 12.4 Å². The lowest BCUT2D eigenvalue weighted by atomic mass is 10.1. The lowest BCUT2D eigenvalue weighted by Crippen LogP contribution is -2.47. The van der Waals surface area contributed by atoms with Gasteiger partial charge >= 0.3 is 0 Å². The van der Waals surface area contributed by atoms with E-state index in [0.29, 0.717) is 10.8 Å². The number of nitrogens with zero attached hydrogens (tertiary/aromatic N) is 2. The number of rotatable bonds is 7. The van der Waals surface area contributed by atoms with Crippen LogP contribution in [0.5, 0.6) is 5.75 Å². The summed E-state index contributed by atoms with van der Waals surface area (Å²) in [5.74, 6) is 0.699. The molecule has 26 heavy (non-hydrogen) atoms. The number of benzene rings is 2. The third kappa shape index (κ3) is 5.13. The van der Waals surface area contributed by atoms with Gasteiger partial charge in [-0.3, -0.25) is 4.90 Å². The number of aryl methyl sites for hydroxylation is 1. The fourth-order valence-electron chi connectivity index (χ4n) is 3.25. The van der Waals surface area contributed by atoms with Gasteiger partial charge in [0.25, 0.3) is 0 Å². The van der Waals surface area contributed by atoms with Crippen LogP contribution in [0.3, 0.4) is 0 Å². The van der Waals surface area contributed by atoms with Crippen LogP contribution in [0.4, 0.5) is 5.69 Å². The summed E-state index contributed by atoms with van der Waals surface area (Å²) in [5, 5.41) is 9.54. The monoisotopic (exact) mass is 374 g/mol. The van der Waals surface area contributed by atoms with Gasteiger partial charge in [0.15, 0.2) is 0 Å². The van der Waals surface area contributed by atoms with Crippen molar-refractivity contribution in [2.45, 2.75) is 13.3 Å². The predicted octanol–water partition coefficient (Wildman–Crippen LogP) is 3.38. The largest absolute Gasteiger partial charge is 0.491 e. The van der Waals surface area contributed by atoms with Crippen molar-refractivity contribution in [1.82, 2.24) is 4.90 Å². The van der Waals surface area contributed by atoms with Crippen molar-refractivity contribution in [3.8, 4) is 5.75 Å². The molecular formula is C21H27ClN2O2. The first-order valence-corrected chi connectivity index (χ1v) is 9.59. The Kier molecular flexibility index (Phi) is 6.78. The average molecular weight is 375 g/mol. The van der Waals surface area contributed by atoms with Crippen molar-refractivity contribution in [3.05, 3.63) is 58.6 Å². The van der Waals surface area contributed by atoms with Crippen LogP contribution in [0.25, 0.3) is 0 Å². The molecule has 1 fully saturated rings. The summed E-state index contributed by atoms with van der Waals surface area (Å²) in [4.78, 5) is 4.85. The van der Waals surface area contributed by atoms with Gasteiger partial charge in [-0.15, -0.1) is 0 Å². The van der Waals surface area contributed by atoms with Gasteiger partial charge in [0.05, 0.1) is 17.3 Å². The van der Waals surface area contributed by atoms with Gasteiger partial charge in [-0.2, -0.15) is 0 Å². The van der Waals surface area contributed by atoms with Crippen molar-refractivity contribution in [3.63, 3.8) is 0 Å². The summed E-state index contributed by atoms with van der Waals surface area (Å²) in [6.07, 6.45) is 1.10. The fraction of sp³-hybridized carbons (Fsp3) is 0.429. The first kappa shape index (κ1) is 19.0. The second-order valence-corrected chi connectivity index (χ2v) is 7.16. The molecule has 0 amide bonds. The molecule has 1 aliphatic rings. The molecule has 3 rings (SSSR count). The van der Waals surface area contributed by atoms with E-state index in [9.17, 15) is 0 Å². The van der Waals surface area contributed by atoms with E-state index in [-0.39, 0.29) is 13.2 Å². The zero-order valence-electron chi connectivity index (χ0n) is 15.3. The van der Waals surface area contributed by atoms with Gasteiger partial charge in [-0.25, -0.2) is 0 Å². The summed E-state index contributed by atoms with van der Waals surface area (Å²) in [5.41, 5.74) is 3.77. The predicted molar refractivity (Wildman–Crippen MR) is 108 cm³/mol. The number of piperazine rings is 1. The molecule has 2 aromatic rings. The number of ether oxygens (including phenoxy) is 1. The van der Waals surface area contributed by atoms with Crippen LogP contribution in [0.15, 0.2) is 42.5 Å². The highest BCUT2D eigenvalue weighted by molar-refractivity contribution is 6.33. The maximum Gasteiger partial charge on any atom is 0.121 e. The van der Waals surface area contributed by atoms with Crippen molar-refractivity contribution in [2.75, 3.05) is 50.8 Å². The second-order valence-electron chi connectivity index (χ2n) is 6.75. The molecule has 5 heteroatoms. The zero-order valence-corrected chi connectivity index (χ0v) is 16.1. The topological polar surface area (TPSA) is 35.9 Å². The molecule has 0 saturated carbocycles. The summed E-state index contributed by atoms with van der Waals surface area (Å²) >= 11 is 6.43. The van der Waals surface area contributed by atoms with Crippen molar-refractivity contribution < 1.29 is 9.84 Å². The van der Waals surface area contributed by atoms with Crippen LogP contribution in [-0.2, 0) is 6.42 Å². The number of hydrogen-bond acceptors (Lipinski definition) is 4. The van der Waals surface area contributed by atoms with Gasteiger partial charge in [-0.1, -0.05) is 41.4 Å². The van der Waals surface area contributed by atoms with Gasteiger partial charge in [0.2, 0.25) is 0 Å². The molecular weight excluding hydrogens is 348 g/mol.